The van der Waals surface area contributed by atoms with Gasteiger partial charge in [0, 0.05) is 29.2 Å². The number of carbonyl (C=O) groups excluding carboxylic acids is 1. The molecular weight excluding hydrogens is 300 g/mol. The van der Waals surface area contributed by atoms with Crippen LogP contribution in [0.5, 0.6) is 0 Å². The topological polar surface area (TPSA) is 70.7 Å². The van der Waals surface area contributed by atoms with Crippen molar-refractivity contribution in [3.8, 4) is 0 Å². The molecular formula is C16H13ClN4O. The van der Waals surface area contributed by atoms with Crippen molar-refractivity contribution in [3.05, 3.63) is 65.0 Å². The molecule has 0 spiro atoms. The summed E-state index contributed by atoms with van der Waals surface area (Å²) in [6.07, 6.45) is 4.81. The summed E-state index contributed by atoms with van der Waals surface area (Å²) >= 11 is 6.04. The Morgan fingerprint density at radius 1 is 1.27 bits per heavy atom. The SMILES string of the molecule is O=C(/C=C/c1[nH]nc2ncccc12)NCc1ccccc1Cl. The van der Waals surface area contributed by atoms with Crippen LogP contribution in [0, 0.1) is 0 Å². The van der Waals surface area contributed by atoms with Gasteiger partial charge in [0.2, 0.25) is 5.91 Å². The number of aromatic nitrogens is 3. The first-order valence-corrected chi connectivity index (χ1v) is 7.10. The van der Waals surface area contributed by atoms with Gasteiger partial charge >= 0.3 is 0 Å². The highest BCUT2D eigenvalue weighted by Gasteiger charge is 2.04. The van der Waals surface area contributed by atoms with Crippen LogP contribution in [0.25, 0.3) is 17.1 Å². The zero-order valence-corrected chi connectivity index (χ0v) is 12.3. The Labute approximate surface area is 132 Å². The van der Waals surface area contributed by atoms with Crippen LogP contribution in [0.2, 0.25) is 5.02 Å². The lowest BCUT2D eigenvalue weighted by Crippen LogP contribution is -2.20. The van der Waals surface area contributed by atoms with Gasteiger partial charge in [-0.05, 0) is 29.8 Å². The summed E-state index contributed by atoms with van der Waals surface area (Å²) in [7, 11) is 0. The zero-order valence-electron chi connectivity index (χ0n) is 11.6. The molecule has 1 amide bonds. The molecule has 110 valence electrons. The van der Waals surface area contributed by atoms with Crippen LogP contribution in [0.4, 0.5) is 0 Å². The maximum absolute atomic E-state index is 11.9. The van der Waals surface area contributed by atoms with Crippen LogP contribution >= 0.6 is 11.6 Å². The number of benzene rings is 1. The second-order valence-corrected chi connectivity index (χ2v) is 5.06. The number of nitrogens with zero attached hydrogens (tertiary/aromatic N) is 2. The Balaban J connectivity index is 1.65. The number of nitrogens with one attached hydrogen (secondary N) is 2. The van der Waals surface area contributed by atoms with E-state index in [4.69, 9.17) is 11.6 Å². The number of H-pyrrole nitrogens is 1. The Kier molecular flexibility index (Phi) is 4.16. The molecule has 0 bridgehead atoms. The molecule has 0 saturated carbocycles. The molecule has 6 heteroatoms. The maximum Gasteiger partial charge on any atom is 0.244 e. The van der Waals surface area contributed by atoms with Crippen molar-refractivity contribution in [1.29, 1.82) is 0 Å². The molecule has 0 radical (unpaired) electrons. The summed E-state index contributed by atoms with van der Waals surface area (Å²) in [5.41, 5.74) is 2.25. The predicted octanol–water partition coefficient (Wildman–Crippen LogP) is 2.94. The molecule has 22 heavy (non-hydrogen) atoms. The number of carbonyl (C=O) groups is 1. The van der Waals surface area contributed by atoms with E-state index in [0.717, 1.165) is 16.6 Å². The summed E-state index contributed by atoms with van der Waals surface area (Å²) in [5, 5.41) is 11.2. The molecule has 3 aromatic rings. The van der Waals surface area contributed by atoms with Gasteiger partial charge in [0.25, 0.3) is 0 Å². The van der Waals surface area contributed by atoms with Gasteiger partial charge in [0.1, 0.15) is 0 Å². The molecule has 2 aromatic heterocycles. The molecule has 0 aliphatic heterocycles. The van der Waals surface area contributed by atoms with Crippen molar-refractivity contribution >= 4 is 34.6 Å². The summed E-state index contributed by atoms with van der Waals surface area (Å²) in [4.78, 5) is 16.0. The van der Waals surface area contributed by atoms with Gasteiger partial charge in [-0.3, -0.25) is 9.89 Å². The highest BCUT2D eigenvalue weighted by Crippen LogP contribution is 2.15. The second kappa shape index (κ2) is 6.41. The smallest absolute Gasteiger partial charge is 0.244 e. The third-order valence-corrected chi connectivity index (χ3v) is 3.54. The molecule has 0 saturated heterocycles. The predicted molar refractivity (Wildman–Crippen MR) is 86.2 cm³/mol. The maximum atomic E-state index is 11.9. The monoisotopic (exact) mass is 312 g/mol. The van der Waals surface area contributed by atoms with E-state index in [1.165, 1.54) is 6.08 Å². The van der Waals surface area contributed by atoms with Gasteiger partial charge in [0.15, 0.2) is 5.65 Å². The Bertz CT molecular complexity index is 841. The van der Waals surface area contributed by atoms with Crippen molar-refractivity contribution in [2.45, 2.75) is 6.54 Å². The fourth-order valence-corrected chi connectivity index (χ4v) is 2.24. The fraction of sp³-hybridized carbons (Fsp3) is 0.0625. The van der Waals surface area contributed by atoms with Crippen LogP contribution in [-0.4, -0.2) is 21.1 Å². The lowest BCUT2D eigenvalue weighted by atomic mass is 10.2. The fourth-order valence-electron chi connectivity index (χ4n) is 2.04. The summed E-state index contributed by atoms with van der Waals surface area (Å²) < 4.78 is 0. The minimum Gasteiger partial charge on any atom is -0.348 e. The Hall–Kier alpha value is -2.66. The third kappa shape index (κ3) is 3.15. The van der Waals surface area contributed by atoms with Gasteiger partial charge in [-0.1, -0.05) is 29.8 Å². The average Bonchev–Trinajstić information content (AvgIpc) is 2.95. The van der Waals surface area contributed by atoms with Crippen LogP contribution < -0.4 is 5.32 Å². The summed E-state index contributed by atoms with van der Waals surface area (Å²) in [6, 6.07) is 11.1. The van der Waals surface area contributed by atoms with E-state index in [9.17, 15) is 4.79 Å². The minimum atomic E-state index is -0.202. The van der Waals surface area contributed by atoms with Crippen molar-refractivity contribution in [3.63, 3.8) is 0 Å². The van der Waals surface area contributed by atoms with Crippen molar-refractivity contribution in [2.24, 2.45) is 0 Å². The van der Waals surface area contributed by atoms with Gasteiger partial charge in [0.05, 0.1) is 5.69 Å². The van der Waals surface area contributed by atoms with Crippen molar-refractivity contribution in [2.75, 3.05) is 0 Å². The number of hydrogen-bond acceptors (Lipinski definition) is 3. The minimum absolute atomic E-state index is 0.202. The summed E-state index contributed by atoms with van der Waals surface area (Å²) in [6.45, 7) is 0.383. The Morgan fingerprint density at radius 2 is 2.14 bits per heavy atom. The number of halogens is 1. The van der Waals surface area contributed by atoms with Crippen LogP contribution in [-0.2, 0) is 11.3 Å². The molecule has 5 nitrogen and oxygen atoms in total. The van der Waals surface area contributed by atoms with Gasteiger partial charge in [-0.15, -0.1) is 0 Å². The molecule has 2 N–H and O–H groups in total. The molecule has 1 aromatic carbocycles. The molecule has 0 unspecified atom stereocenters. The highest BCUT2D eigenvalue weighted by molar-refractivity contribution is 6.31. The van der Waals surface area contributed by atoms with Crippen LogP contribution in [0.15, 0.2) is 48.7 Å². The number of fused-ring (bicyclic) bond motifs is 1. The third-order valence-electron chi connectivity index (χ3n) is 3.17. The number of pyridine rings is 1. The van der Waals surface area contributed by atoms with E-state index in [1.807, 2.05) is 30.3 Å². The number of hydrogen-bond donors (Lipinski definition) is 2. The quantitative estimate of drug-likeness (QED) is 0.728. The molecule has 0 atom stereocenters. The van der Waals surface area contributed by atoms with E-state index >= 15 is 0 Å². The van der Waals surface area contributed by atoms with Gasteiger partial charge in [-0.25, -0.2) is 4.98 Å². The first kappa shape index (κ1) is 14.3. The first-order chi connectivity index (χ1) is 10.7. The lowest BCUT2D eigenvalue weighted by molar-refractivity contribution is -0.116. The van der Waals surface area contributed by atoms with Crippen molar-refractivity contribution < 1.29 is 4.79 Å². The number of aromatic amines is 1. The van der Waals surface area contributed by atoms with E-state index in [0.29, 0.717) is 17.2 Å². The van der Waals surface area contributed by atoms with E-state index < -0.39 is 0 Å². The molecule has 3 rings (SSSR count). The number of rotatable bonds is 4. The molecule has 0 aliphatic rings. The highest BCUT2D eigenvalue weighted by atomic mass is 35.5. The average molecular weight is 313 g/mol. The standard InChI is InChI=1S/C16H13ClN4O/c17-13-6-2-1-4-11(13)10-19-15(22)8-7-14-12-5-3-9-18-16(12)21-20-14/h1-9H,10H2,(H,19,22)(H,18,20,21)/b8-7+. The second-order valence-electron chi connectivity index (χ2n) is 4.65. The lowest BCUT2D eigenvalue weighted by Gasteiger charge is -2.04. The van der Waals surface area contributed by atoms with Crippen LogP contribution in [0.3, 0.4) is 0 Å². The van der Waals surface area contributed by atoms with E-state index in [2.05, 4.69) is 20.5 Å². The molecule has 0 aliphatic carbocycles. The molecule has 0 fully saturated rings. The van der Waals surface area contributed by atoms with Crippen LogP contribution in [0.1, 0.15) is 11.3 Å². The largest absolute Gasteiger partial charge is 0.348 e. The normalized spacial score (nSPS) is 11.1. The van der Waals surface area contributed by atoms with Gasteiger partial charge in [-0.2, -0.15) is 5.10 Å². The summed E-state index contributed by atoms with van der Waals surface area (Å²) in [5.74, 6) is -0.202. The zero-order chi connectivity index (χ0) is 15.4. The van der Waals surface area contributed by atoms with E-state index in [1.54, 1.807) is 18.3 Å². The Morgan fingerprint density at radius 3 is 3.00 bits per heavy atom. The van der Waals surface area contributed by atoms with Gasteiger partial charge < -0.3 is 5.32 Å². The number of amides is 1. The molecule has 2 heterocycles. The van der Waals surface area contributed by atoms with E-state index in [-0.39, 0.29) is 5.91 Å². The first-order valence-electron chi connectivity index (χ1n) is 6.72. The van der Waals surface area contributed by atoms with Crippen molar-refractivity contribution in [1.82, 2.24) is 20.5 Å².